The van der Waals surface area contributed by atoms with E-state index in [1.165, 1.54) is 55.7 Å². The Kier molecular flexibility index (Phi) is 8.05. The normalized spacial score (nSPS) is 10.9. The average Bonchev–Trinajstić information content (AvgIpc) is 2.86. The first-order valence-electron chi connectivity index (χ1n) is 12.0. The van der Waals surface area contributed by atoms with Gasteiger partial charge in [0, 0.05) is 16.5 Å². The second-order valence-corrected chi connectivity index (χ2v) is 8.85. The minimum Gasteiger partial charge on any atom is -0.206 e. The third-order valence-corrected chi connectivity index (χ3v) is 6.20. The fourth-order valence-corrected chi connectivity index (χ4v) is 4.19. The molecule has 4 rings (SSSR count). The number of hydrogen-bond donors (Lipinski definition) is 0. The molecular formula is C31H25F5. The zero-order chi connectivity index (χ0) is 25.7. The van der Waals surface area contributed by atoms with Crippen molar-refractivity contribution in [2.75, 3.05) is 0 Å². The lowest BCUT2D eigenvalue weighted by atomic mass is 9.99. The summed E-state index contributed by atoms with van der Waals surface area (Å²) in [4.78, 5) is 0. The molecule has 0 saturated heterocycles. The lowest BCUT2D eigenvalue weighted by Gasteiger charge is -2.08. The average molecular weight is 493 g/mol. The van der Waals surface area contributed by atoms with E-state index in [0.29, 0.717) is 11.1 Å². The summed E-state index contributed by atoms with van der Waals surface area (Å²) in [5.41, 5.74) is 2.10. The van der Waals surface area contributed by atoms with Crippen molar-refractivity contribution < 1.29 is 22.0 Å². The Morgan fingerprint density at radius 1 is 0.639 bits per heavy atom. The molecule has 0 unspecified atom stereocenters. The first-order chi connectivity index (χ1) is 17.4. The van der Waals surface area contributed by atoms with Crippen molar-refractivity contribution in [3.05, 3.63) is 106 Å². The van der Waals surface area contributed by atoms with Crippen LogP contribution in [0.1, 0.15) is 55.7 Å². The van der Waals surface area contributed by atoms with E-state index in [2.05, 4.69) is 18.8 Å². The number of fused-ring (bicyclic) bond motifs is 1. The van der Waals surface area contributed by atoms with Gasteiger partial charge in [0.15, 0.2) is 17.5 Å². The summed E-state index contributed by atoms with van der Waals surface area (Å²) in [6.45, 7) is 2.17. The van der Waals surface area contributed by atoms with Crippen molar-refractivity contribution in [1.29, 1.82) is 0 Å². The fourth-order valence-electron chi connectivity index (χ4n) is 4.19. The first-order valence-corrected chi connectivity index (χ1v) is 12.0. The molecule has 0 aliphatic heterocycles. The summed E-state index contributed by atoms with van der Waals surface area (Å²) in [6.07, 6.45) is 6.56. The highest BCUT2D eigenvalue weighted by atomic mass is 19.2. The van der Waals surface area contributed by atoms with Gasteiger partial charge in [0.1, 0.15) is 11.6 Å². The Hall–Kier alpha value is -3.65. The molecule has 0 aliphatic carbocycles. The molecule has 0 atom stereocenters. The first kappa shape index (κ1) is 25.4. The van der Waals surface area contributed by atoms with Crippen LogP contribution < -0.4 is 0 Å². The monoisotopic (exact) mass is 492 g/mol. The van der Waals surface area contributed by atoms with E-state index in [4.69, 9.17) is 0 Å². The van der Waals surface area contributed by atoms with Gasteiger partial charge in [-0.1, -0.05) is 68.7 Å². The molecule has 0 amide bonds. The number of benzene rings is 4. The molecule has 184 valence electrons. The molecule has 0 nitrogen and oxygen atoms in total. The molecule has 4 aromatic carbocycles. The van der Waals surface area contributed by atoms with Crippen LogP contribution in [0, 0.1) is 40.9 Å². The van der Waals surface area contributed by atoms with Gasteiger partial charge in [0.2, 0.25) is 0 Å². The maximum atomic E-state index is 14.9. The molecule has 4 aromatic rings. The summed E-state index contributed by atoms with van der Waals surface area (Å²) in [7, 11) is 0. The molecule has 0 saturated carbocycles. The molecular weight excluding hydrogens is 467 g/mol. The fraction of sp³-hybridized carbons (Fsp3) is 0.226. The Morgan fingerprint density at radius 3 is 2.19 bits per heavy atom. The van der Waals surface area contributed by atoms with Crippen LogP contribution in [0.2, 0.25) is 0 Å². The van der Waals surface area contributed by atoms with Gasteiger partial charge in [0.25, 0.3) is 0 Å². The molecule has 5 heteroatoms. The van der Waals surface area contributed by atoms with Crippen LogP contribution in [0.3, 0.4) is 0 Å². The highest BCUT2D eigenvalue weighted by molar-refractivity contribution is 5.88. The molecule has 36 heavy (non-hydrogen) atoms. The number of rotatable bonds is 7. The van der Waals surface area contributed by atoms with Gasteiger partial charge in [-0.05, 0) is 65.8 Å². The van der Waals surface area contributed by atoms with Gasteiger partial charge in [-0.3, -0.25) is 0 Å². The third kappa shape index (κ3) is 5.76. The van der Waals surface area contributed by atoms with Gasteiger partial charge >= 0.3 is 0 Å². The van der Waals surface area contributed by atoms with E-state index in [-0.39, 0.29) is 21.9 Å². The predicted molar refractivity (Wildman–Crippen MR) is 134 cm³/mol. The Morgan fingerprint density at radius 2 is 1.44 bits per heavy atom. The summed E-state index contributed by atoms with van der Waals surface area (Å²) < 4.78 is 70.4. The van der Waals surface area contributed by atoms with Crippen molar-refractivity contribution >= 4 is 10.8 Å². The van der Waals surface area contributed by atoms with E-state index < -0.39 is 29.1 Å². The molecule has 0 radical (unpaired) electrons. The molecule has 0 fully saturated rings. The summed E-state index contributed by atoms with van der Waals surface area (Å²) in [5.74, 6) is 0.410. The van der Waals surface area contributed by atoms with Crippen LogP contribution in [0.25, 0.3) is 21.9 Å². The van der Waals surface area contributed by atoms with Crippen molar-refractivity contribution in [2.45, 2.75) is 45.4 Å². The maximum absolute atomic E-state index is 14.9. The second kappa shape index (κ2) is 11.4. The Balaban J connectivity index is 1.51. The number of halogens is 5. The zero-order valence-corrected chi connectivity index (χ0v) is 19.9. The van der Waals surface area contributed by atoms with Crippen molar-refractivity contribution in [3.63, 3.8) is 0 Å². The van der Waals surface area contributed by atoms with Crippen LogP contribution in [0.5, 0.6) is 0 Å². The second-order valence-electron chi connectivity index (χ2n) is 8.85. The van der Waals surface area contributed by atoms with E-state index in [1.807, 2.05) is 6.07 Å². The van der Waals surface area contributed by atoms with Gasteiger partial charge in [-0.25, -0.2) is 22.0 Å². The molecule has 0 aromatic heterocycles. The molecule has 0 heterocycles. The lowest BCUT2D eigenvalue weighted by molar-refractivity contribution is 0.453. The largest absolute Gasteiger partial charge is 0.206 e. The third-order valence-electron chi connectivity index (χ3n) is 6.20. The maximum Gasteiger partial charge on any atom is 0.195 e. The number of unbranched alkanes of at least 4 members (excludes halogenated alkanes) is 4. The Bertz CT molecular complexity index is 1460. The van der Waals surface area contributed by atoms with Gasteiger partial charge in [-0.15, -0.1) is 0 Å². The Labute approximate surface area is 207 Å². The highest BCUT2D eigenvalue weighted by Crippen LogP contribution is 2.30. The van der Waals surface area contributed by atoms with E-state index >= 15 is 0 Å². The van der Waals surface area contributed by atoms with Crippen LogP contribution >= 0.6 is 0 Å². The quantitative estimate of drug-likeness (QED) is 0.104. The standard InChI is InChI=1S/C31H25F5/c1-2-3-4-5-6-7-20-8-11-22(27(32)16-20)12-9-21-10-14-25(28(33)17-21)23-13-15-26-24(18-23)19-29(34)31(36)30(26)35/h8,10-11,13-19H,2-7H2,1H3. The van der Waals surface area contributed by atoms with Gasteiger partial charge < -0.3 is 0 Å². The molecule has 0 aliphatic rings. The summed E-state index contributed by atoms with van der Waals surface area (Å²) >= 11 is 0. The SMILES string of the molecule is CCCCCCCc1ccc(C#Cc2ccc(-c3ccc4c(F)c(F)c(F)cc4c3)c(F)c2)c(F)c1. The van der Waals surface area contributed by atoms with Crippen molar-refractivity contribution in [3.8, 4) is 23.0 Å². The van der Waals surface area contributed by atoms with E-state index in [1.54, 1.807) is 12.1 Å². The summed E-state index contributed by atoms with van der Waals surface area (Å²) in [6, 6.07) is 14.3. The van der Waals surface area contributed by atoms with Gasteiger partial charge in [0.05, 0.1) is 5.56 Å². The molecule has 0 spiro atoms. The molecule has 0 bridgehead atoms. The van der Waals surface area contributed by atoms with Crippen molar-refractivity contribution in [2.24, 2.45) is 0 Å². The number of hydrogen-bond acceptors (Lipinski definition) is 0. The van der Waals surface area contributed by atoms with Crippen LogP contribution in [0.15, 0.2) is 60.7 Å². The highest BCUT2D eigenvalue weighted by Gasteiger charge is 2.15. The summed E-state index contributed by atoms with van der Waals surface area (Å²) in [5, 5.41) is 0.0251. The van der Waals surface area contributed by atoms with E-state index in [0.717, 1.165) is 30.9 Å². The molecule has 0 N–H and O–H groups in total. The topological polar surface area (TPSA) is 0 Å². The van der Waals surface area contributed by atoms with Crippen LogP contribution in [-0.4, -0.2) is 0 Å². The van der Waals surface area contributed by atoms with Crippen molar-refractivity contribution in [1.82, 2.24) is 0 Å². The number of aryl methyl sites for hydroxylation is 1. The van der Waals surface area contributed by atoms with Crippen LogP contribution in [-0.2, 0) is 6.42 Å². The lowest BCUT2D eigenvalue weighted by Crippen LogP contribution is -1.93. The smallest absolute Gasteiger partial charge is 0.195 e. The zero-order valence-electron chi connectivity index (χ0n) is 19.9. The predicted octanol–water partition coefficient (Wildman–Crippen LogP) is 9.11. The van der Waals surface area contributed by atoms with Crippen LogP contribution in [0.4, 0.5) is 22.0 Å². The minimum atomic E-state index is -1.54. The van der Waals surface area contributed by atoms with E-state index in [9.17, 15) is 22.0 Å². The minimum absolute atomic E-state index is 0.0925. The van der Waals surface area contributed by atoms with Gasteiger partial charge in [-0.2, -0.15) is 0 Å².